The molecule has 3 aromatic rings. The van der Waals surface area contributed by atoms with Crippen LogP contribution >= 0.6 is 0 Å². The highest BCUT2D eigenvalue weighted by molar-refractivity contribution is 7.89. The van der Waals surface area contributed by atoms with Gasteiger partial charge in [0.2, 0.25) is 10.0 Å². The number of benzene rings is 2. The standard InChI is InChI=1S/C21H22N4O3S/c22-29(27,28)18-10-6-15(7-11-18)12-13-23-21(26)20-14-19(16-8-9-16)24-25(20)17-4-2-1-3-5-17/h1-7,10-11,14,16H,8-9,12-13H2,(H,23,26)(H2,22,27,28). The van der Waals surface area contributed by atoms with Crippen molar-refractivity contribution in [3.63, 3.8) is 0 Å². The first-order valence-electron chi connectivity index (χ1n) is 9.47. The summed E-state index contributed by atoms with van der Waals surface area (Å²) in [6.07, 6.45) is 2.80. The van der Waals surface area contributed by atoms with E-state index in [-0.39, 0.29) is 10.8 Å². The first-order chi connectivity index (χ1) is 13.9. The largest absolute Gasteiger partial charge is 0.350 e. The highest BCUT2D eigenvalue weighted by Crippen LogP contribution is 2.39. The lowest BCUT2D eigenvalue weighted by molar-refractivity contribution is 0.0946. The van der Waals surface area contributed by atoms with Gasteiger partial charge in [-0.05, 0) is 55.2 Å². The highest BCUT2D eigenvalue weighted by atomic mass is 32.2. The number of primary sulfonamides is 1. The van der Waals surface area contributed by atoms with E-state index in [0.717, 1.165) is 29.8 Å². The van der Waals surface area contributed by atoms with Crippen molar-refractivity contribution in [2.45, 2.75) is 30.1 Å². The van der Waals surface area contributed by atoms with Crippen LogP contribution in [0, 0.1) is 0 Å². The number of carbonyl (C=O) groups excluding carboxylic acids is 1. The molecule has 150 valence electrons. The topological polar surface area (TPSA) is 107 Å². The minimum Gasteiger partial charge on any atom is -0.350 e. The van der Waals surface area contributed by atoms with Gasteiger partial charge in [-0.2, -0.15) is 5.10 Å². The van der Waals surface area contributed by atoms with Gasteiger partial charge < -0.3 is 5.32 Å². The van der Waals surface area contributed by atoms with E-state index >= 15 is 0 Å². The summed E-state index contributed by atoms with van der Waals surface area (Å²) in [5.41, 5.74) is 3.23. The molecule has 0 bridgehead atoms. The van der Waals surface area contributed by atoms with Gasteiger partial charge >= 0.3 is 0 Å². The summed E-state index contributed by atoms with van der Waals surface area (Å²) in [7, 11) is -3.70. The highest BCUT2D eigenvalue weighted by Gasteiger charge is 2.29. The van der Waals surface area contributed by atoms with Crippen molar-refractivity contribution >= 4 is 15.9 Å². The first kappa shape index (κ1) is 19.4. The predicted octanol–water partition coefficient (Wildman–Crippen LogP) is 2.37. The van der Waals surface area contributed by atoms with Crippen LogP contribution in [0.5, 0.6) is 0 Å². The fourth-order valence-electron chi connectivity index (χ4n) is 3.16. The van der Waals surface area contributed by atoms with Crippen molar-refractivity contribution < 1.29 is 13.2 Å². The van der Waals surface area contributed by atoms with Crippen LogP contribution in [-0.4, -0.2) is 30.7 Å². The van der Waals surface area contributed by atoms with E-state index in [1.807, 2.05) is 36.4 Å². The van der Waals surface area contributed by atoms with E-state index in [1.165, 1.54) is 12.1 Å². The maximum Gasteiger partial charge on any atom is 0.270 e. The molecule has 1 aliphatic rings. The Bertz CT molecular complexity index is 1120. The summed E-state index contributed by atoms with van der Waals surface area (Å²) in [6, 6.07) is 17.8. The Morgan fingerprint density at radius 3 is 2.41 bits per heavy atom. The summed E-state index contributed by atoms with van der Waals surface area (Å²) in [5, 5.41) is 12.7. The van der Waals surface area contributed by atoms with Gasteiger partial charge in [0.15, 0.2) is 0 Å². The summed E-state index contributed by atoms with van der Waals surface area (Å²) in [5.74, 6) is 0.262. The number of aromatic nitrogens is 2. The maximum atomic E-state index is 12.8. The zero-order valence-corrected chi connectivity index (χ0v) is 16.6. The monoisotopic (exact) mass is 410 g/mol. The van der Waals surface area contributed by atoms with Gasteiger partial charge in [0, 0.05) is 12.5 Å². The minimum absolute atomic E-state index is 0.0738. The molecule has 3 N–H and O–H groups in total. The summed E-state index contributed by atoms with van der Waals surface area (Å²) in [4.78, 5) is 12.9. The molecule has 1 aromatic heterocycles. The molecule has 7 nitrogen and oxygen atoms in total. The lowest BCUT2D eigenvalue weighted by atomic mass is 10.1. The third-order valence-corrected chi connectivity index (χ3v) is 5.84. The number of hydrogen-bond acceptors (Lipinski definition) is 4. The molecule has 2 aromatic carbocycles. The molecule has 1 saturated carbocycles. The number of carbonyl (C=O) groups is 1. The minimum atomic E-state index is -3.70. The van der Waals surface area contributed by atoms with Gasteiger partial charge in [0.1, 0.15) is 5.69 Å². The second-order valence-corrected chi connectivity index (χ2v) is 8.73. The molecule has 0 radical (unpaired) electrons. The Kier molecular flexibility index (Phi) is 5.21. The number of sulfonamides is 1. The summed E-state index contributed by atoms with van der Waals surface area (Å²) < 4.78 is 24.3. The molecule has 0 atom stereocenters. The van der Waals surface area contributed by atoms with Gasteiger partial charge in [0.25, 0.3) is 5.91 Å². The lowest BCUT2D eigenvalue weighted by Crippen LogP contribution is -2.27. The predicted molar refractivity (Wildman–Crippen MR) is 109 cm³/mol. The average molecular weight is 410 g/mol. The second kappa shape index (κ2) is 7.81. The van der Waals surface area contributed by atoms with Gasteiger partial charge in [0.05, 0.1) is 16.3 Å². The van der Waals surface area contributed by atoms with Gasteiger partial charge in [-0.15, -0.1) is 0 Å². The van der Waals surface area contributed by atoms with Crippen LogP contribution in [0.4, 0.5) is 0 Å². The van der Waals surface area contributed by atoms with Crippen LogP contribution in [0.3, 0.4) is 0 Å². The van der Waals surface area contributed by atoms with E-state index < -0.39 is 10.0 Å². The maximum absolute atomic E-state index is 12.8. The number of nitrogens with zero attached hydrogens (tertiary/aromatic N) is 2. The molecule has 8 heteroatoms. The van der Waals surface area contributed by atoms with E-state index in [2.05, 4.69) is 10.4 Å². The molecule has 1 amide bonds. The van der Waals surface area contributed by atoms with Crippen molar-refractivity contribution in [2.24, 2.45) is 5.14 Å². The normalized spacial score (nSPS) is 14.0. The smallest absolute Gasteiger partial charge is 0.270 e. The van der Waals surface area contributed by atoms with E-state index in [1.54, 1.807) is 16.8 Å². The lowest BCUT2D eigenvalue weighted by Gasteiger charge is -2.09. The van der Waals surface area contributed by atoms with Crippen molar-refractivity contribution in [1.29, 1.82) is 0 Å². The SMILES string of the molecule is NS(=O)(=O)c1ccc(CCNC(=O)c2cc(C3CC3)nn2-c2ccccc2)cc1. The van der Waals surface area contributed by atoms with Crippen molar-refractivity contribution in [2.75, 3.05) is 6.54 Å². The van der Waals surface area contributed by atoms with Crippen LogP contribution in [0.15, 0.2) is 65.6 Å². The zero-order valence-electron chi connectivity index (χ0n) is 15.8. The van der Waals surface area contributed by atoms with Crippen LogP contribution in [0.25, 0.3) is 5.69 Å². The van der Waals surface area contributed by atoms with Crippen LogP contribution in [-0.2, 0) is 16.4 Å². The van der Waals surface area contributed by atoms with Crippen molar-refractivity contribution in [1.82, 2.24) is 15.1 Å². The van der Waals surface area contributed by atoms with Gasteiger partial charge in [-0.1, -0.05) is 30.3 Å². The number of nitrogens with two attached hydrogens (primary N) is 1. The second-order valence-electron chi connectivity index (χ2n) is 7.17. The number of amides is 1. The Labute approximate surface area is 169 Å². The quantitative estimate of drug-likeness (QED) is 0.623. The fourth-order valence-corrected chi connectivity index (χ4v) is 3.68. The zero-order chi connectivity index (χ0) is 20.4. The molecule has 4 rings (SSSR count). The van der Waals surface area contributed by atoms with E-state index in [9.17, 15) is 13.2 Å². The molecular formula is C21H22N4O3S. The molecule has 0 aliphatic heterocycles. The Morgan fingerprint density at radius 2 is 1.79 bits per heavy atom. The van der Waals surface area contributed by atoms with Crippen LogP contribution in [0.1, 0.15) is 40.5 Å². The first-order valence-corrected chi connectivity index (χ1v) is 11.0. The molecule has 0 saturated heterocycles. The molecule has 1 heterocycles. The molecule has 0 spiro atoms. The van der Waals surface area contributed by atoms with Crippen molar-refractivity contribution in [3.8, 4) is 5.69 Å². The van der Waals surface area contributed by atoms with E-state index in [4.69, 9.17) is 5.14 Å². The molecular weight excluding hydrogens is 388 g/mol. The fraction of sp³-hybridized carbons (Fsp3) is 0.238. The Morgan fingerprint density at radius 1 is 1.10 bits per heavy atom. The number of rotatable bonds is 7. The average Bonchev–Trinajstić information content (AvgIpc) is 3.46. The third-order valence-electron chi connectivity index (χ3n) is 4.91. The molecule has 1 fully saturated rings. The summed E-state index contributed by atoms with van der Waals surface area (Å²) in [6.45, 7) is 0.423. The third kappa shape index (κ3) is 4.55. The van der Waals surface area contributed by atoms with Gasteiger partial charge in [-0.3, -0.25) is 4.79 Å². The number of hydrogen-bond donors (Lipinski definition) is 2. The summed E-state index contributed by atoms with van der Waals surface area (Å²) >= 11 is 0. The molecule has 29 heavy (non-hydrogen) atoms. The number of nitrogens with one attached hydrogen (secondary N) is 1. The van der Waals surface area contributed by atoms with Crippen LogP contribution < -0.4 is 10.5 Å². The van der Waals surface area contributed by atoms with Crippen LogP contribution in [0.2, 0.25) is 0 Å². The Hall–Kier alpha value is -2.97. The van der Waals surface area contributed by atoms with Crippen molar-refractivity contribution in [3.05, 3.63) is 77.6 Å². The van der Waals surface area contributed by atoms with Gasteiger partial charge in [-0.25, -0.2) is 18.2 Å². The Balaban J connectivity index is 1.45. The van der Waals surface area contributed by atoms with E-state index in [0.29, 0.717) is 24.6 Å². The molecule has 0 unspecified atom stereocenters. The number of para-hydroxylation sites is 1. The molecule has 1 aliphatic carbocycles.